The average molecular weight is 1140 g/mol. The van der Waals surface area contributed by atoms with E-state index in [1.807, 2.05) is 48.5 Å². The van der Waals surface area contributed by atoms with Gasteiger partial charge in [-0.25, -0.2) is 4.98 Å². The van der Waals surface area contributed by atoms with Crippen LogP contribution in [0.2, 0.25) is 0 Å². The van der Waals surface area contributed by atoms with Crippen LogP contribution >= 0.6 is 0 Å². The number of piperidine rings is 1. The van der Waals surface area contributed by atoms with Crippen molar-refractivity contribution in [3.05, 3.63) is 193 Å². The highest BCUT2D eigenvalue weighted by molar-refractivity contribution is 6.20. The first-order valence-electron chi connectivity index (χ1n) is 30.4. The van der Waals surface area contributed by atoms with Crippen molar-refractivity contribution >= 4 is 46.1 Å². The SMILES string of the molecule is Cc1ccc2c(c1CC1CCCCC1)O/C(=C\C1=NCc3ncccc31)C2=O.Cc1ccc2c(c1CC1CCCCC1)OCC2=O.Cc1ccc2c(c1CC1CCNCC1)O/C(=C\C1=NCc3ncccc31)C2=O.O=Cc1[nH]nc2ncccc12. The Hall–Kier alpha value is -8.56. The number of Topliss-reactive ketones (excluding diaryl/α,β-unsaturated/α-hetero) is 3. The van der Waals surface area contributed by atoms with Crippen LogP contribution in [0.3, 0.4) is 0 Å². The minimum atomic E-state index is -0.0541. The van der Waals surface area contributed by atoms with Crippen molar-refractivity contribution in [2.75, 3.05) is 19.7 Å². The van der Waals surface area contributed by atoms with Crippen LogP contribution in [0.5, 0.6) is 17.2 Å². The molecule has 15 nitrogen and oxygen atoms in total. The highest BCUT2D eigenvalue weighted by Gasteiger charge is 2.35. The molecular formula is C70H72N8O7. The number of nitrogens with zero attached hydrogens (tertiary/aromatic N) is 6. The number of aliphatic imine (C=N–C) groups is 2. The summed E-state index contributed by atoms with van der Waals surface area (Å²) in [5.41, 5.74) is 16.0. The third-order valence-corrected chi connectivity index (χ3v) is 18.0. The van der Waals surface area contributed by atoms with Gasteiger partial charge in [0.2, 0.25) is 17.3 Å². The Labute approximate surface area is 496 Å². The standard InChI is InChI=1S/C24H24N2O2.C23H23N3O2.C16H20O2.C7H5N3O/c1-15-9-10-18-23(27)22(13-20-17-8-5-11-25-21(17)14-26-20)28-24(18)19(15)12-16-6-3-2-4-7-16;1-14-4-5-17-22(27)21(12-19-16-3-2-8-25-20(16)13-26-19)28-23(17)18(14)11-15-6-9-24-10-7-15;1-11-7-8-13-15(17)10-18-16(13)14(11)9-12-5-3-2-4-6-12;11-4-6-5-2-1-3-8-7(5)10-9-6/h5,8-11,13,16H,2-4,6-7,12,14H2,1H3;2-5,8,12,15,24H,6-7,9-11,13H2,1H3;7-8,12H,2-6,9-10H2,1H3;1-4H,(H,8,9,10)/b22-13-;21-12-;;. The number of rotatable bonds is 9. The lowest BCUT2D eigenvalue weighted by atomic mass is 9.83. The Morgan fingerprint density at radius 2 is 1.00 bits per heavy atom. The van der Waals surface area contributed by atoms with Gasteiger partial charge in [-0.05, 0) is 172 Å². The summed E-state index contributed by atoms with van der Waals surface area (Å²) in [5, 5.41) is 10.6. The van der Waals surface area contributed by atoms with E-state index in [9.17, 15) is 19.2 Å². The van der Waals surface area contributed by atoms with Gasteiger partial charge < -0.3 is 19.5 Å². The number of carbonyl (C=O) groups excluding carboxylic acids is 4. The number of ether oxygens (including phenoxy) is 3. The minimum Gasteiger partial charge on any atom is -0.484 e. The number of aryl methyl sites for hydroxylation is 3. The molecular weight excluding hydrogens is 1060 g/mol. The van der Waals surface area contributed by atoms with Gasteiger partial charge in [-0.2, -0.15) is 5.10 Å². The molecule has 0 bridgehead atoms. The molecule has 0 atom stereocenters. The van der Waals surface area contributed by atoms with Crippen molar-refractivity contribution in [2.45, 2.75) is 130 Å². The number of ketones is 3. The number of aldehydes is 1. The maximum Gasteiger partial charge on any atom is 0.232 e. The van der Waals surface area contributed by atoms with Gasteiger partial charge in [0.1, 0.15) is 22.9 Å². The summed E-state index contributed by atoms with van der Waals surface area (Å²) in [6.45, 7) is 9.83. The van der Waals surface area contributed by atoms with Crippen LogP contribution in [0.25, 0.3) is 11.0 Å². The second-order valence-corrected chi connectivity index (χ2v) is 23.6. The van der Waals surface area contributed by atoms with E-state index >= 15 is 0 Å². The highest BCUT2D eigenvalue weighted by atomic mass is 16.5. The predicted molar refractivity (Wildman–Crippen MR) is 328 cm³/mol. The highest BCUT2D eigenvalue weighted by Crippen LogP contribution is 2.42. The fraction of sp³-hybridized carbons (Fsp3) is 0.371. The van der Waals surface area contributed by atoms with E-state index in [2.05, 4.69) is 73.4 Å². The van der Waals surface area contributed by atoms with Gasteiger partial charge in [-0.1, -0.05) is 82.4 Å². The van der Waals surface area contributed by atoms with Crippen molar-refractivity contribution in [1.29, 1.82) is 0 Å². The fourth-order valence-electron chi connectivity index (χ4n) is 13.2. The van der Waals surface area contributed by atoms with Crippen LogP contribution in [0.4, 0.5) is 0 Å². The second kappa shape index (κ2) is 25.7. The van der Waals surface area contributed by atoms with Crippen LogP contribution in [0, 0.1) is 38.5 Å². The lowest BCUT2D eigenvalue weighted by molar-refractivity contribution is 0.0959. The number of aromatic nitrogens is 5. The van der Waals surface area contributed by atoms with Crippen LogP contribution in [-0.2, 0) is 32.4 Å². The Kier molecular flexibility index (Phi) is 17.2. The van der Waals surface area contributed by atoms with E-state index in [1.54, 1.807) is 42.9 Å². The third-order valence-electron chi connectivity index (χ3n) is 18.0. The van der Waals surface area contributed by atoms with Gasteiger partial charge in [0, 0.05) is 47.3 Å². The number of aromatic amines is 1. The van der Waals surface area contributed by atoms with E-state index in [-0.39, 0.29) is 24.0 Å². The second-order valence-electron chi connectivity index (χ2n) is 23.6. The quantitative estimate of drug-likeness (QED) is 0.102. The Balaban J connectivity index is 0.000000117. The van der Waals surface area contributed by atoms with Crippen molar-refractivity contribution in [3.8, 4) is 17.2 Å². The maximum absolute atomic E-state index is 13.0. The van der Waals surface area contributed by atoms with E-state index in [0.717, 1.165) is 107 Å². The molecule has 3 fully saturated rings. The Bertz CT molecular complexity index is 3690. The van der Waals surface area contributed by atoms with E-state index in [1.165, 1.54) is 110 Å². The summed E-state index contributed by atoms with van der Waals surface area (Å²) in [6, 6.07) is 23.3. The number of H-pyrrole nitrogens is 1. The van der Waals surface area contributed by atoms with E-state index in [0.29, 0.717) is 58.9 Å². The normalized spacial score (nSPS) is 18.7. The van der Waals surface area contributed by atoms with Crippen LogP contribution in [0.15, 0.2) is 125 Å². The number of fused-ring (bicyclic) bond motifs is 6. The van der Waals surface area contributed by atoms with E-state index in [4.69, 9.17) is 14.2 Å². The first kappa shape index (κ1) is 56.9. The molecule has 0 radical (unpaired) electrons. The molecule has 10 heterocycles. The van der Waals surface area contributed by atoms with E-state index < -0.39 is 0 Å². The number of pyridine rings is 3. The summed E-state index contributed by atoms with van der Waals surface area (Å²) in [6.07, 6.45) is 28.2. The molecule has 2 aliphatic carbocycles. The van der Waals surface area contributed by atoms with Gasteiger partial charge in [0.05, 0.1) is 52.6 Å². The first-order chi connectivity index (χ1) is 41.6. The summed E-state index contributed by atoms with van der Waals surface area (Å²) < 4.78 is 17.9. The zero-order valence-electron chi connectivity index (χ0n) is 48.8. The number of allylic oxidation sites excluding steroid dienone is 4. The molecule has 15 heteroatoms. The monoisotopic (exact) mass is 1140 g/mol. The van der Waals surface area contributed by atoms with Crippen molar-refractivity contribution in [2.24, 2.45) is 27.7 Å². The van der Waals surface area contributed by atoms with Crippen LogP contribution < -0.4 is 19.5 Å². The molecule has 0 spiro atoms. The lowest BCUT2D eigenvalue weighted by Gasteiger charge is -2.24. The molecule has 85 heavy (non-hydrogen) atoms. The number of nitrogens with one attached hydrogen (secondary N) is 2. The van der Waals surface area contributed by atoms with Gasteiger partial charge in [0.15, 0.2) is 30.1 Å². The topological polar surface area (TPSA) is 200 Å². The first-order valence-corrected chi connectivity index (χ1v) is 30.4. The van der Waals surface area contributed by atoms with Gasteiger partial charge in [-0.15, -0.1) is 0 Å². The molecule has 0 unspecified atom stereocenters. The minimum absolute atomic E-state index is 0.0417. The number of benzene rings is 3. The molecule has 1 saturated heterocycles. The van der Waals surface area contributed by atoms with Crippen molar-refractivity contribution < 1.29 is 33.4 Å². The van der Waals surface area contributed by atoms with Gasteiger partial charge in [-0.3, -0.25) is 44.2 Å². The molecule has 4 aromatic heterocycles. The molecule has 8 aliphatic rings. The Morgan fingerprint density at radius 3 is 1.52 bits per heavy atom. The predicted octanol–water partition coefficient (Wildman–Crippen LogP) is 12.8. The maximum atomic E-state index is 13.0. The van der Waals surface area contributed by atoms with Crippen molar-refractivity contribution in [1.82, 2.24) is 30.5 Å². The zero-order valence-corrected chi connectivity index (χ0v) is 48.8. The van der Waals surface area contributed by atoms with Crippen molar-refractivity contribution in [3.63, 3.8) is 0 Å². The Morgan fingerprint density at radius 1 is 0.529 bits per heavy atom. The summed E-state index contributed by atoms with van der Waals surface area (Å²) in [4.78, 5) is 69.8. The molecule has 6 aliphatic heterocycles. The average Bonchev–Trinajstić information content (AvgIpc) is 3.56. The molecule has 7 aromatic rings. The fourth-order valence-corrected chi connectivity index (χ4v) is 13.2. The summed E-state index contributed by atoms with van der Waals surface area (Å²) in [7, 11) is 0. The molecule has 0 amide bonds. The third kappa shape index (κ3) is 12.4. The van der Waals surface area contributed by atoms with Crippen LogP contribution in [0.1, 0.15) is 175 Å². The van der Waals surface area contributed by atoms with Gasteiger partial charge >= 0.3 is 0 Å². The molecule has 3 aromatic carbocycles. The zero-order chi connectivity index (χ0) is 58.4. The largest absolute Gasteiger partial charge is 0.484 e. The number of hydrogen-bond acceptors (Lipinski definition) is 14. The molecule has 2 N–H and O–H groups in total. The van der Waals surface area contributed by atoms with Gasteiger partial charge in [0.25, 0.3) is 0 Å². The number of carbonyl (C=O) groups is 4. The molecule has 434 valence electrons. The number of hydrogen-bond donors (Lipinski definition) is 2. The van der Waals surface area contributed by atoms with Crippen LogP contribution in [-0.4, -0.2) is 79.9 Å². The molecule has 15 rings (SSSR count). The smallest absolute Gasteiger partial charge is 0.232 e. The summed E-state index contributed by atoms with van der Waals surface area (Å²) in [5.74, 6) is 5.29. The lowest BCUT2D eigenvalue weighted by Crippen LogP contribution is -2.28. The summed E-state index contributed by atoms with van der Waals surface area (Å²) >= 11 is 0. The molecule has 2 saturated carbocycles.